The second kappa shape index (κ2) is 6.32. The van der Waals surface area contributed by atoms with Crippen molar-refractivity contribution in [1.29, 1.82) is 0 Å². The van der Waals surface area contributed by atoms with E-state index in [1.54, 1.807) is 0 Å². The molecular weight excluding hydrogens is 244 g/mol. The molecule has 2 N–H and O–H groups in total. The molecule has 1 aliphatic heterocycles. The highest BCUT2D eigenvalue weighted by Gasteiger charge is 2.32. The third-order valence-corrected chi connectivity index (χ3v) is 5.07. The Morgan fingerprint density at radius 1 is 1.53 bits per heavy atom. The van der Waals surface area contributed by atoms with Gasteiger partial charge in [0.1, 0.15) is 5.25 Å². The molecule has 0 saturated carbocycles. The molecule has 1 aliphatic rings. The average molecular weight is 264 g/mol. The molecule has 0 aromatic heterocycles. The van der Waals surface area contributed by atoms with Gasteiger partial charge in [-0.1, -0.05) is 0 Å². The molecule has 1 fully saturated rings. The SMILES string of the molecule is COCCNC(=O)C(C)S(=O)(=O)CC1CNC1. The Hall–Kier alpha value is -0.660. The number of nitrogens with one attached hydrogen (secondary N) is 2. The first kappa shape index (κ1) is 14.4. The van der Waals surface area contributed by atoms with Gasteiger partial charge < -0.3 is 15.4 Å². The number of hydrogen-bond acceptors (Lipinski definition) is 5. The van der Waals surface area contributed by atoms with Crippen LogP contribution in [0.25, 0.3) is 0 Å². The standard InChI is InChI=1S/C10H20N2O4S/c1-8(10(13)12-3-4-16-2)17(14,15)7-9-5-11-6-9/h8-9,11H,3-7H2,1-2H3,(H,12,13). The van der Waals surface area contributed by atoms with Gasteiger partial charge in [0, 0.05) is 26.7 Å². The van der Waals surface area contributed by atoms with E-state index >= 15 is 0 Å². The zero-order valence-electron chi connectivity index (χ0n) is 10.2. The lowest BCUT2D eigenvalue weighted by molar-refractivity contribution is -0.120. The van der Waals surface area contributed by atoms with Crippen LogP contribution in [0.3, 0.4) is 0 Å². The summed E-state index contributed by atoms with van der Waals surface area (Å²) in [5.74, 6) is -0.220. The maximum atomic E-state index is 11.9. The van der Waals surface area contributed by atoms with Crippen molar-refractivity contribution >= 4 is 15.7 Å². The summed E-state index contributed by atoms with van der Waals surface area (Å²) in [6.45, 7) is 3.59. The topological polar surface area (TPSA) is 84.5 Å². The highest BCUT2D eigenvalue weighted by Crippen LogP contribution is 2.11. The number of sulfone groups is 1. The molecular formula is C10H20N2O4S. The fourth-order valence-corrected chi connectivity index (χ4v) is 3.11. The maximum absolute atomic E-state index is 11.9. The molecule has 0 spiro atoms. The number of ether oxygens (including phenoxy) is 1. The van der Waals surface area contributed by atoms with Crippen molar-refractivity contribution in [1.82, 2.24) is 10.6 Å². The lowest BCUT2D eigenvalue weighted by Gasteiger charge is -2.27. The van der Waals surface area contributed by atoms with Crippen molar-refractivity contribution < 1.29 is 17.9 Å². The minimum Gasteiger partial charge on any atom is -0.383 e. The summed E-state index contributed by atoms with van der Waals surface area (Å²) >= 11 is 0. The minimum atomic E-state index is -3.35. The highest BCUT2D eigenvalue weighted by molar-refractivity contribution is 7.92. The Balaban J connectivity index is 2.42. The van der Waals surface area contributed by atoms with E-state index in [-0.39, 0.29) is 11.7 Å². The van der Waals surface area contributed by atoms with Crippen LogP contribution >= 0.6 is 0 Å². The van der Waals surface area contributed by atoms with Crippen molar-refractivity contribution in [3.63, 3.8) is 0 Å². The van der Waals surface area contributed by atoms with Gasteiger partial charge in [0.05, 0.1) is 12.4 Å². The van der Waals surface area contributed by atoms with Crippen molar-refractivity contribution in [2.45, 2.75) is 12.2 Å². The molecule has 0 bridgehead atoms. The molecule has 1 amide bonds. The second-order valence-corrected chi connectivity index (χ2v) is 6.65. The predicted molar refractivity (Wildman–Crippen MR) is 64.5 cm³/mol. The van der Waals surface area contributed by atoms with E-state index in [1.807, 2.05) is 0 Å². The zero-order valence-corrected chi connectivity index (χ0v) is 11.0. The normalized spacial score (nSPS) is 18.5. The fourth-order valence-electron chi connectivity index (χ4n) is 1.52. The predicted octanol–water partition coefficient (Wildman–Crippen LogP) is -1.23. The molecule has 1 heterocycles. The molecule has 6 nitrogen and oxygen atoms in total. The molecule has 0 radical (unpaired) electrons. The van der Waals surface area contributed by atoms with Gasteiger partial charge in [-0.25, -0.2) is 8.42 Å². The first-order chi connectivity index (χ1) is 7.97. The minimum absolute atomic E-state index is 0.0822. The molecule has 1 atom stereocenters. The second-order valence-electron chi connectivity index (χ2n) is 4.28. The van der Waals surface area contributed by atoms with E-state index in [2.05, 4.69) is 10.6 Å². The van der Waals surface area contributed by atoms with Gasteiger partial charge in [-0.15, -0.1) is 0 Å². The van der Waals surface area contributed by atoms with Crippen LogP contribution < -0.4 is 10.6 Å². The average Bonchev–Trinajstić information content (AvgIpc) is 2.23. The van der Waals surface area contributed by atoms with Crippen LogP contribution in [-0.2, 0) is 19.4 Å². The van der Waals surface area contributed by atoms with Gasteiger partial charge in [0.2, 0.25) is 5.91 Å². The van der Waals surface area contributed by atoms with Gasteiger partial charge in [0.15, 0.2) is 9.84 Å². The van der Waals surface area contributed by atoms with Crippen LogP contribution in [0.15, 0.2) is 0 Å². The fraction of sp³-hybridized carbons (Fsp3) is 0.900. The van der Waals surface area contributed by atoms with Crippen LogP contribution in [-0.4, -0.2) is 58.7 Å². The zero-order chi connectivity index (χ0) is 12.9. The molecule has 1 rings (SSSR count). The Morgan fingerprint density at radius 2 is 2.18 bits per heavy atom. The number of carbonyl (C=O) groups excluding carboxylic acids is 1. The van der Waals surface area contributed by atoms with E-state index in [0.29, 0.717) is 13.2 Å². The lowest BCUT2D eigenvalue weighted by atomic mass is 10.1. The summed E-state index contributed by atoms with van der Waals surface area (Å²) in [5.41, 5.74) is 0. The molecule has 0 aromatic rings. The summed E-state index contributed by atoms with van der Waals surface area (Å²) in [4.78, 5) is 11.6. The largest absolute Gasteiger partial charge is 0.383 e. The van der Waals surface area contributed by atoms with Crippen LogP contribution in [0.2, 0.25) is 0 Å². The quantitative estimate of drug-likeness (QED) is 0.563. The maximum Gasteiger partial charge on any atom is 0.238 e. The lowest BCUT2D eigenvalue weighted by Crippen LogP contribution is -2.48. The van der Waals surface area contributed by atoms with E-state index in [4.69, 9.17) is 4.74 Å². The third-order valence-electron chi connectivity index (χ3n) is 2.85. The summed E-state index contributed by atoms with van der Waals surface area (Å²) in [7, 11) is -1.83. The van der Waals surface area contributed by atoms with Crippen molar-refractivity contribution in [3.8, 4) is 0 Å². The van der Waals surface area contributed by atoms with E-state index in [9.17, 15) is 13.2 Å². The van der Waals surface area contributed by atoms with Crippen LogP contribution in [0, 0.1) is 5.92 Å². The summed E-state index contributed by atoms with van der Waals surface area (Å²) in [6.07, 6.45) is 0. The number of carbonyl (C=O) groups is 1. The summed E-state index contributed by atoms with van der Waals surface area (Å²) in [5, 5.41) is 4.57. The number of rotatable bonds is 7. The van der Waals surface area contributed by atoms with Crippen LogP contribution in [0.5, 0.6) is 0 Å². The van der Waals surface area contributed by atoms with Crippen LogP contribution in [0.1, 0.15) is 6.92 Å². The van der Waals surface area contributed by atoms with E-state index in [1.165, 1.54) is 14.0 Å². The van der Waals surface area contributed by atoms with Gasteiger partial charge in [-0.2, -0.15) is 0 Å². The van der Waals surface area contributed by atoms with Crippen LogP contribution in [0.4, 0.5) is 0 Å². The first-order valence-electron chi connectivity index (χ1n) is 5.66. The third kappa shape index (κ3) is 4.25. The first-order valence-corrected chi connectivity index (χ1v) is 7.38. The molecule has 1 saturated heterocycles. The monoisotopic (exact) mass is 264 g/mol. The molecule has 0 aromatic carbocycles. The number of hydrogen-bond donors (Lipinski definition) is 2. The highest BCUT2D eigenvalue weighted by atomic mass is 32.2. The molecule has 100 valence electrons. The smallest absolute Gasteiger partial charge is 0.238 e. The number of amides is 1. The van der Waals surface area contributed by atoms with Gasteiger partial charge >= 0.3 is 0 Å². The Bertz CT molecular complexity index is 351. The van der Waals surface area contributed by atoms with Gasteiger partial charge in [-0.3, -0.25) is 4.79 Å². The van der Waals surface area contributed by atoms with Crippen molar-refractivity contribution in [2.75, 3.05) is 39.1 Å². The summed E-state index contributed by atoms with van der Waals surface area (Å²) < 4.78 is 28.6. The molecule has 7 heteroatoms. The molecule has 1 unspecified atom stereocenters. The molecule has 17 heavy (non-hydrogen) atoms. The number of methoxy groups -OCH3 is 1. The molecule has 0 aliphatic carbocycles. The summed E-state index contributed by atoms with van der Waals surface area (Å²) in [6, 6.07) is 0. The Labute approximate surface area is 102 Å². The Kier molecular flexibility index (Phi) is 5.35. The Morgan fingerprint density at radius 3 is 2.65 bits per heavy atom. The van der Waals surface area contributed by atoms with E-state index in [0.717, 1.165) is 13.1 Å². The van der Waals surface area contributed by atoms with Gasteiger partial charge in [-0.05, 0) is 12.8 Å². The van der Waals surface area contributed by atoms with Crippen molar-refractivity contribution in [3.05, 3.63) is 0 Å². The van der Waals surface area contributed by atoms with E-state index < -0.39 is 21.0 Å². The van der Waals surface area contributed by atoms with Gasteiger partial charge in [0.25, 0.3) is 0 Å². The van der Waals surface area contributed by atoms with Crippen molar-refractivity contribution in [2.24, 2.45) is 5.92 Å².